The molecule has 0 bridgehead atoms. The normalized spacial score (nSPS) is 21.7. The molecule has 1 aromatic heterocycles. The number of carbonyl (C=O) groups is 1. The van der Waals surface area contributed by atoms with Crippen molar-refractivity contribution in [1.82, 2.24) is 9.88 Å². The van der Waals surface area contributed by atoms with E-state index in [-0.39, 0.29) is 11.3 Å². The highest BCUT2D eigenvalue weighted by atomic mass is 16.5. The van der Waals surface area contributed by atoms with E-state index in [1.807, 2.05) is 18.0 Å². The molecule has 0 spiro atoms. The summed E-state index contributed by atoms with van der Waals surface area (Å²) in [7, 11) is 0. The fourth-order valence-corrected chi connectivity index (χ4v) is 3.33. The van der Waals surface area contributed by atoms with Crippen LogP contribution in [-0.4, -0.2) is 42.1 Å². The number of carbonyl (C=O) groups excluding carboxylic acids is 1. The molecule has 0 saturated carbocycles. The Morgan fingerprint density at radius 3 is 2.45 bits per heavy atom. The van der Waals surface area contributed by atoms with Gasteiger partial charge in [-0.05, 0) is 43.2 Å². The molecule has 3 heterocycles. The van der Waals surface area contributed by atoms with Crippen molar-refractivity contribution >= 4 is 5.91 Å². The summed E-state index contributed by atoms with van der Waals surface area (Å²) < 4.78 is 5.21. The summed E-state index contributed by atoms with van der Waals surface area (Å²) in [5.41, 5.74) is 2.19. The molecule has 0 atom stereocenters. The van der Waals surface area contributed by atoms with Crippen LogP contribution in [0.1, 0.15) is 56.7 Å². The lowest BCUT2D eigenvalue weighted by Gasteiger charge is -2.42. The molecule has 4 nitrogen and oxygen atoms in total. The third-order valence-corrected chi connectivity index (χ3v) is 5.01. The van der Waals surface area contributed by atoms with Gasteiger partial charge in [0, 0.05) is 25.0 Å². The van der Waals surface area contributed by atoms with E-state index < -0.39 is 0 Å². The number of hydrogen-bond acceptors (Lipinski definition) is 3. The Hall–Kier alpha value is -1.42. The standard InChI is InChI=1S/C18H26N2O2/c1-13(2)16-5-4-15(10-19-16)14-6-8-20(9-7-14)17(21)18(3)11-22-12-18/h4-5,10,13-14H,6-9,11-12H2,1-3H3. The summed E-state index contributed by atoms with van der Waals surface area (Å²) >= 11 is 0. The number of pyridine rings is 1. The van der Waals surface area contributed by atoms with Crippen LogP contribution in [0.3, 0.4) is 0 Å². The summed E-state index contributed by atoms with van der Waals surface area (Å²) in [6.07, 6.45) is 4.09. The van der Waals surface area contributed by atoms with Gasteiger partial charge in [-0.25, -0.2) is 0 Å². The molecule has 3 rings (SSSR count). The highest BCUT2D eigenvalue weighted by Crippen LogP contribution is 2.33. The minimum absolute atomic E-state index is 0.269. The molecule has 0 aromatic carbocycles. The number of ether oxygens (including phenoxy) is 1. The zero-order chi connectivity index (χ0) is 15.7. The molecule has 1 aromatic rings. The first-order valence-electron chi connectivity index (χ1n) is 8.32. The predicted octanol–water partition coefficient (Wildman–Crippen LogP) is 2.95. The minimum atomic E-state index is -0.271. The minimum Gasteiger partial charge on any atom is -0.379 e. The fourth-order valence-electron chi connectivity index (χ4n) is 3.33. The second kappa shape index (κ2) is 5.99. The van der Waals surface area contributed by atoms with Crippen molar-refractivity contribution in [2.75, 3.05) is 26.3 Å². The highest BCUT2D eigenvalue weighted by molar-refractivity contribution is 5.83. The maximum Gasteiger partial charge on any atom is 0.233 e. The Morgan fingerprint density at radius 2 is 2.00 bits per heavy atom. The summed E-state index contributed by atoms with van der Waals surface area (Å²) in [5, 5.41) is 0. The SMILES string of the molecule is CC(C)c1ccc(C2CCN(C(=O)C3(C)COC3)CC2)cn1. The lowest BCUT2D eigenvalue weighted by atomic mass is 9.84. The van der Waals surface area contributed by atoms with Gasteiger partial charge in [0.2, 0.25) is 5.91 Å². The largest absolute Gasteiger partial charge is 0.379 e. The van der Waals surface area contributed by atoms with Gasteiger partial charge < -0.3 is 9.64 Å². The number of nitrogens with zero attached hydrogens (tertiary/aromatic N) is 2. The fraction of sp³-hybridized carbons (Fsp3) is 0.667. The van der Waals surface area contributed by atoms with Gasteiger partial charge in [0.05, 0.1) is 18.6 Å². The van der Waals surface area contributed by atoms with E-state index in [0.29, 0.717) is 25.0 Å². The van der Waals surface area contributed by atoms with E-state index in [4.69, 9.17) is 4.74 Å². The molecule has 2 aliphatic rings. The van der Waals surface area contributed by atoms with Crippen LogP contribution in [-0.2, 0) is 9.53 Å². The number of piperidine rings is 1. The number of amides is 1. The van der Waals surface area contributed by atoms with E-state index in [1.165, 1.54) is 5.56 Å². The topological polar surface area (TPSA) is 42.4 Å². The van der Waals surface area contributed by atoms with Crippen molar-refractivity contribution in [2.45, 2.75) is 45.4 Å². The van der Waals surface area contributed by atoms with Gasteiger partial charge in [-0.2, -0.15) is 0 Å². The quantitative estimate of drug-likeness (QED) is 0.862. The van der Waals surface area contributed by atoms with Gasteiger partial charge >= 0.3 is 0 Å². The Balaban J connectivity index is 1.58. The first-order chi connectivity index (χ1) is 10.5. The van der Waals surface area contributed by atoms with E-state index >= 15 is 0 Å². The van der Waals surface area contributed by atoms with Crippen LogP contribution in [0.2, 0.25) is 0 Å². The molecule has 2 aliphatic heterocycles. The molecule has 4 heteroatoms. The number of aromatic nitrogens is 1. The second-order valence-corrected chi connectivity index (χ2v) is 7.29. The summed E-state index contributed by atoms with van der Waals surface area (Å²) in [4.78, 5) is 19.1. The van der Waals surface area contributed by atoms with Gasteiger partial charge in [-0.3, -0.25) is 9.78 Å². The van der Waals surface area contributed by atoms with Crippen LogP contribution in [0, 0.1) is 5.41 Å². The zero-order valence-electron chi connectivity index (χ0n) is 13.8. The molecule has 22 heavy (non-hydrogen) atoms. The van der Waals surface area contributed by atoms with E-state index in [9.17, 15) is 4.79 Å². The maximum atomic E-state index is 12.5. The lowest BCUT2D eigenvalue weighted by molar-refractivity contribution is -0.169. The van der Waals surface area contributed by atoms with Gasteiger partial charge in [0.15, 0.2) is 0 Å². The van der Waals surface area contributed by atoms with Gasteiger partial charge in [-0.15, -0.1) is 0 Å². The third kappa shape index (κ3) is 2.89. The number of hydrogen-bond donors (Lipinski definition) is 0. The Morgan fingerprint density at radius 1 is 1.32 bits per heavy atom. The van der Waals surface area contributed by atoms with Crippen molar-refractivity contribution in [3.05, 3.63) is 29.6 Å². The molecular weight excluding hydrogens is 276 g/mol. The molecule has 2 saturated heterocycles. The molecule has 1 amide bonds. The Labute approximate surface area is 132 Å². The van der Waals surface area contributed by atoms with Crippen LogP contribution < -0.4 is 0 Å². The van der Waals surface area contributed by atoms with Crippen molar-refractivity contribution in [2.24, 2.45) is 5.41 Å². The van der Waals surface area contributed by atoms with Crippen LogP contribution in [0.4, 0.5) is 0 Å². The third-order valence-electron chi connectivity index (χ3n) is 5.01. The molecule has 0 aliphatic carbocycles. The molecule has 0 unspecified atom stereocenters. The average molecular weight is 302 g/mol. The van der Waals surface area contributed by atoms with Crippen molar-refractivity contribution in [3.63, 3.8) is 0 Å². The molecule has 2 fully saturated rings. The van der Waals surface area contributed by atoms with Crippen LogP contribution in [0.15, 0.2) is 18.3 Å². The number of likely N-dealkylation sites (tertiary alicyclic amines) is 1. The van der Waals surface area contributed by atoms with Crippen LogP contribution >= 0.6 is 0 Å². The number of rotatable bonds is 3. The Bertz CT molecular complexity index is 527. The first kappa shape index (κ1) is 15.5. The summed E-state index contributed by atoms with van der Waals surface area (Å²) in [6.45, 7) is 9.20. The molecule has 120 valence electrons. The zero-order valence-corrected chi connectivity index (χ0v) is 13.8. The van der Waals surface area contributed by atoms with E-state index in [1.54, 1.807) is 0 Å². The monoisotopic (exact) mass is 302 g/mol. The van der Waals surface area contributed by atoms with E-state index in [0.717, 1.165) is 31.6 Å². The molecule has 0 N–H and O–H groups in total. The second-order valence-electron chi connectivity index (χ2n) is 7.29. The lowest BCUT2D eigenvalue weighted by Crippen LogP contribution is -2.54. The van der Waals surface area contributed by atoms with Crippen molar-refractivity contribution < 1.29 is 9.53 Å². The first-order valence-corrected chi connectivity index (χ1v) is 8.32. The summed E-state index contributed by atoms with van der Waals surface area (Å²) in [6, 6.07) is 4.36. The van der Waals surface area contributed by atoms with Crippen LogP contribution in [0.5, 0.6) is 0 Å². The van der Waals surface area contributed by atoms with Crippen molar-refractivity contribution in [3.8, 4) is 0 Å². The molecule has 0 radical (unpaired) electrons. The van der Waals surface area contributed by atoms with E-state index in [2.05, 4.69) is 31.0 Å². The van der Waals surface area contributed by atoms with Gasteiger partial charge in [0.25, 0.3) is 0 Å². The van der Waals surface area contributed by atoms with Crippen molar-refractivity contribution in [1.29, 1.82) is 0 Å². The summed E-state index contributed by atoms with van der Waals surface area (Å²) in [5.74, 6) is 1.27. The molecular formula is C18H26N2O2. The van der Waals surface area contributed by atoms with Gasteiger partial charge in [-0.1, -0.05) is 19.9 Å². The smallest absolute Gasteiger partial charge is 0.233 e. The predicted molar refractivity (Wildman–Crippen MR) is 85.8 cm³/mol. The van der Waals surface area contributed by atoms with Crippen LogP contribution in [0.25, 0.3) is 0 Å². The Kier molecular flexibility index (Phi) is 4.22. The average Bonchev–Trinajstić information content (AvgIpc) is 2.52. The maximum absolute atomic E-state index is 12.5. The van der Waals surface area contributed by atoms with Gasteiger partial charge in [0.1, 0.15) is 0 Å². The highest BCUT2D eigenvalue weighted by Gasteiger charge is 2.44.